The maximum Gasteiger partial charge on any atom is 0.354 e. The van der Waals surface area contributed by atoms with Gasteiger partial charge in [0.2, 0.25) is 0 Å². The summed E-state index contributed by atoms with van der Waals surface area (Å²) >= 11 is 13.6. The van der Waals surface area contributed by atoms with E-state index in [-0.39, 0.29) is 30.1 Å². The number of aryl methyl sites for hydroxylation is 5. The number of hydrogen-bond donors (Lipinski definition) is 1. The van der Waals surface area contributed by atoms with Gasteiger partial charge in [-0.1, -0.05) is 49.2 Å². The Morgan fingerprint density at radius 2 is 1.71 bits per heavy atom. The Kier molecular flexibility index (Phi) is 10.8. The van der Waals surface area contributed by atoms with Crippen molar-refractivity contribution < 1.29 is 24.2 Å². The van der Waals surface area contributed by atoms with Crippen LogP contribution >= 0.6 is 23.2 Å². The third-order valence-corrected chi connectivity index (χ3v) is 12.2. The molecular formula is C44H49Cl2N5O5. The molecule has 0 bridgehead atoms. The highest BCUT2D eigenvalue weighted by Gasteiger charge is 2.40. The van der Waals surface area contributed by atoms with E-state index in [1.165, 1.54) is 0 Å². The first-order valence-corrected chi connectivity index (χ1v) is 19.9. The van der Waals surface area contributed by atoms with Gasteiger partial charge in [0.05, 0.1) is 40.7 Å². The van der Waals surface area contributed by atoms with Crippen molar-refractivity contribution in [3.05, 3.63) is 97.5 Å². The van der Waals surface area contributed by atoms with E-state index < -0.39 is 5.97 Å². The Labute approximate surface area is 337 Å². The van der Waals surface area contributed by atoms with Crippen molar-refractivity contribution >= 4 is 62.6 Å². The fourth-order valence-electron chi connectivity index (χ4n) is 8.54. The second kappa shape index (κ2) is 15.3. The standard InChI is InChI=1S/C44H49Cl2N5O5/c1-23(2)29-12-15-35-33(21-29)40(42(44(53)54)49(35)16-18-55-9)50-22-26(5)51-39-32(13-14-34(45)37(39)36-27(6)47-48(8)28(36)7)31(41(51)43(50)52)11-10-17-56-30-19-24(3)38(46)25(4)20-30/h12-15,19-21,23,26H,10-11,16-18,22H2,1-9H3,(H,53,54)/t26-/m1/s1. The van der Waals surface area contributed by atoms with Crippen LogP contribution in [0.5, 0.6) is 5.75 Å². The van der Waals surface area contributed by atoms with Crippen molar-refractivity contribution in [3.63, 3.8) is 0 Å². The van der Waals surface area contributed by atoms with E-state index in [1.54, 1.807) is 16.6 Å². The summed E-state index contributed by atoms with van der Waals surface area (Å²) in [4.78, 5) is 30.4. The summed E-state index contributed by atoms with van der Waals surface area (Å²) in [5.74, 6) is -0.429. The molecule has 0 fully saturated rings. The van der Waals surface area contributed by atoms with Gasteiger partial charge in [-0.25, -0.2) is 4.79 Å². The quantitative estimate of drug-likeness (QED) is 0.124. The highest BCUT2D eigenvalue weighted by molar-refractivity contribution is 6.35. The molecule has 12 heteroatoms. The van der Waals surface area contributed by atoms with Crippen molar-refractivity contribution in [2.24, 2.45) is 7.05 Å². The number of fused-ring (bicyclic) bond motifs is 4. The predicted octanol–water partition coefficient (Wildman–Crippen LogP) is 10.2. The van der Waals surface area contributed by atoms with Gasteiger partial charge < -0.3 is 28.6 Å². The lowest BCUT2D eigenvalue weighted by atomic mass is 9.98. The number of anilines is 1. The van der Waals surface area contributed by atoms with Crippen LogP contribution in [-0.2, 0) is 24.8 Å². The van der Waals surface area contributed by atoms with E-state index >= 15 is 4.79 Å². The van der Waals surface area contributed by atoms with Crippen molar-refractivity contribution in [2.75, 3.05) is 31.8 Å². The molecule has 0 spiro atoms. The average Bonchev–Trinajstić information content (AvgIpc) is 3.75. The zero-order valence-electron chi connectivity index (χ0n) is 33.5. The smallest absolute Gasteiger partial charge is 0.354 e. The molecule has 4 heterocycles. The minimum absolute atomic E-state index is 0.0666. The van der Waals surface area contributed by atoms with Crippen molar-refractivity contribution in [3.8, 4) is 16.9 Å². The van der Waals surface area contributed by atoms with E-state index in [0.717, 1.165) is 77.3 Å². The number of ether oxygens (including phenoxy) is 2. The summed E-state index contributed by atoms with van der Waals surface area (Å²) in [6, 6.07) is 13.6. The third-order valence-electron chi connectivity index (χ3n) is 11.3. The first kappa shape index (κ1) is 39.5. The fraction of sp³-hybridized carbons (Fsp3) is 0.386. The lowest BCUT2D eigenvalue weighted by molar-refractivity contribution is 0.0684. The SMILES string of the molecule is COCCn1c(C(=O)O)c(N2C[C@@H](C)n3c(c(CCCOc4cc(C)c(Cl)c(C)c4)c4ccc(Cl)c(-c5c(C)nn(C)c5C)c43)C2=O)c2cc(C(C)C)ccc21. The monoisotopic (exact) mass is 797 g/mol. The van der Waals surface area contributed by atoms with Crippen LogP contribution in [0.15, 0.2) is 42.5 Å². The molecule has 7 rings (SSSR count). The van der Waals surface area contributed by atoms with E-state index in [0.29, 0.717) is 49.0 Å². The lowest BCUT2D eigenvalue weighted by Crippen LogP contribution is -2.43. The number of carbonyl (C=O) groups is 2. The van der Waals surface area contributed by atoms with Gasteiger partial charge in [-0.2, -0.15) is 5.10 Å². The molecule has 1 aliphatic rings. The van der Waals surface area contributed by atoms with E-state index in [1.807, 2.05) is 81.9 Å². The number of methoxy groups -OCH3 is 1. The van der Waals surface area contributed by atoms with Crippen LogP contribution in [0.2, 0.25) is 10.0 Å². The van der Waals surface area contributed by atoms with Gasteiger partial charge in [0.15, 0.2) is 5.69 Å². The maximum absolute atomic E-state index is 15.4. The number of aromatic carboxylic acids is 1. The predicted molar refractivity (Wildman–Crippen MR) is 225 cm³/mol. The zero-order chi connectivity index (χ0) is 40.3. The molecule has 1 aliphatic heterocycles. The number of carboxylic acids is 1. The van der Waals surface area contributed by atoms with Gasteiger partial charge >= 0.3 is 5.97 Å². The Hall–Kier alpha value is -4.77. The minimum Gasteiger partial charge on any atom is -0.494 e. The molecule has 3 aromatic heterocycles. The summed E-state index contributed by atoms with van der Waals surface area (Å²) < 4.78 is 17.4. The summed E-state index contributed by atoms with van der Waals surface area (Å²) in [5.41, 5.74) is 9.99. The maximum atomic E-state index is 15.4. The molecule has 294 valence electrons. The van der Waals surface area contributed by atoms with Crippen LogP contribution in [0.25, 0.3) is 32.9 Å². The first-order valence-electron chi connectivity index (χ1n) is 19.1. The van der Waals surface area contributed by atoms with Crippen LogP contribution in [0.4, 0.5) is 5.69 Å². The Morgan fingerprint density at radius 1 is 1.00 bits per heavy atom. The Bertz CT molecular complexity index is 2520. The van der Waals surface area contributed by atoms with E-state index in [4.69, 9.17) is 37.8 Å². The van der Waals surface area contributed by atoms with Gasteiger partial charge in [0, 0.05) is 65.9 Å². The van der Waals surface area contributed by atoms with Crippen LogP contribution in [0.3, 0.4) is 0 Å². The molecule has 0 radical (unpaired) electrons. The summed E-state index contributed by atoms with van der Waals surface area (Å²) in [6.07, 6.45) is 1.15. The number of halogens is 2. The number of nitrogens with zero attached hydrogens (tertiary/aromatic N) is 5. The van der Waals surface area contributed by atoms with Gasteiger partial charge in [0.25, 0.3) is 5.91 Å². The summed E-state index contributed by atoms with van der Waals surface area (Å²) in [7, 11) is 3.51. The molecular weight excluding hydrogens is 749 g/mol. The topological polar surface area (TPSA) is 104 Å². The normalized spacial score (nSPS) is 14.5. The largest absolute Gasteiger partial charge is 0.494 e. The number of hydrogen-bond acceptors (Lipinski definition) is 5. The van der Waals surface area contributed by atoms with E-state index in [2.05, 4.69) is 25.3 Å². The molecule has 1 amide bonds. The number of rotatable bonds is 12. The van der Waals surface area contributed by atoms with Crippen LogP contribution in [-0.4, -0.2) is 62.8 Å². The molecule has 0 saturated heterocycles. The molecule has 0 saturated carbocycles. The summed E-state index contributed by atoms with van der Waals surface area (Å²) in [6.45, 7) is 15.5. The van der Waals surface area contributed by atoms with Gasteiger partial charge in [-0.15, -0.1) is 0 Å². The van der Waals surface area contributed by atoms with Gasteiger partial charge in [-0.3, -0.25) is 9.48 Å². The van der Waals surface area contributed by atoms with Crippen LogP contribution in [0, 0.1) is 27.7 Å². The molecule has 56 heavy (non-hydrogen) atoms. The fourth-order valence-corrected chi connectivity index (χ4v) is 8.90. The van der Waals surface area contributed by atoms with Crippen molar-refractivity contribution in [1.29, 1.82) is 0 Å². The Balaban J connectivity index is 1.43. The Morgan fingerprint density at radius 3 is 2.34 bits per heavy atom. The zero-order valence-corrected chi connectivity index (χ0v) is 35.0. The number of benzene rings is 3. The number of amides is 1. The molecule has 1 atom stereocenters. The van der Waals surface area contributed by atoms with Crippen molar-refractivity contribution in [2.45, 2.75) is 79.8 Å². The molecule has 6 aromatic rings. The highest BCUT2D eigenvalue weighted by atomic mass is 35.5. The highest BCUT2D eigenvalue weighted by Crippen LogP contribution is 2.46. The molecule has 0 unspecified atom stereocenters. The summed E-state index contributed by atoms with van der Waals surface area (Å²) in [5, 5.41) is 18.5. The molecule has 10 nitrogen and oxygen atoms in total. The number of carbonyl (C=O) groups excluding carboxylic acids is 1. The average molecular weight is 799 g/mol. The van der Waals surface area contributed by atoms with Crippen LogP contribution < -0.4 is 9.64 Å². The van der Waals surface area contributed by atoms with Gasteiger partial charge in [-0.05, 0) is 106 Å². The minimum atomic E-state index is -1.10. The molecule has 1 N–H and O–H groups in total. The lowest BCUT2D eigenvalue weighted by Gasteiger charge is -2.34. The van der Waals surface area contributed by atoms with Crippen molar-refractivity contribution in [1.82, 2.24) is 18.9 Å². The molecule has 3 aromatic carbocycles. The third kappa shape index (κ3) is 6.55. The first-order chi connectivity index (χ1) is 26.7. The second-order valence-electron chi connectivity index (χ2n) is 15.4. The number of aromatic nitrogens is 4. The second-order valence-corrected chi connectivity index (χ2v) is 16.1. The molecule has 0 aliphatic carbocycles. The number of carboxylic acid groups (broad SMARTS) is 1. The van der Waals surface area contributed by atoms with Crippen LogP contribution in [0.1, 0.15) is 93.8 Å². The van der Waals surface area contributed by atoms with E-state index in [9.17, 15) is 9.90 Å². The van der Waals surface area contributed by atoms with Gasteiger partial charge in [0.1, 0.15) is 11.4 Å².